The maximum atomic E-state index is 11.3. The van der Waals surface area contributed by atoms with Crippen molar-refractivity contribution in [2.45, 2.75) is 46.0 Å². The lowest BCUT2D eigenvalue weighted by Crippen LogP contribution is -2.24. The highest BCUT2D eigenvalue weighted by molar-refractivity contribution is 5.75. The summed E-state index contributed by atoms with van der Waals surface area (Å²) in [6.07, 6.45) is 8.28. The molecule has 2 amide bonds. The first-order valence-electron chi connectivity index (χ1n) is 6.29. The second-order valence-electron chi connectivity index (χ2n) is 4.00. The fourth-order valence-corrected chi connectivity index (χ4v) is 1.40. The highest BCUT2D eigenvalue weighted by atomic mass is 16.2. The average Bonchev–Trinajstić information content (AvgIpc) is 2.29. The monoisotopic (exact) mass is 240 g/mol. The van der Waals surface area contributed by atoms with Crippen molar-refractivity contribution in [1.82, 2.24) is 10.6 Å². The molecule has 0 aliphatic rings. The van der Waals surface area contributed by atoms with Gasteiger partial charge in [-0.1, -0.05) is 18.6 Å². The molecular formula is C13H24N2O2. The maximum absolute atomic E-state index is 11.3. The number of allylic oxidation sites excluding steroid dienone is 1. The predicted molar refractivity (Wildman–Crippen MR) is 69.6 cm³/mol. The van der Waals surface area contributed by atoms with Crippen molar-refractivity contribution in [2.75, 3.05) is 13.1 Å². The molecule has 0 spiro atoms. The van der Waals surface area contributed by atoms with Crippen LogP contribution in [0.15, 0.2) is 12.2 Å². The Balaban J connectivity index is 3.24. The number of amides is 2. The first-order valence-corrected chi connectivity index (χ1v) is 6.29. The molecule has 17 heavy (non-hydrogen) atoms. The predicted octanol–water partition coefficient (Wildman–Crippen LogP) is 1.77. The van der Waals surface area contributed by atoms with E-state index in [1.807, 2.05) is 19.1 Å². The summed E-state index contributed by atoms with van der Waals surface area (Å²) in [5, 5.41) is 5.60. The van der Waals surface area contributed by atoms with Crippen LogP contribution in [-0.2, 0) is 9.59 Å². The molecule has 0 aromatic rings. The van der Waals surface area contributed by atoms with Gasteiger partial charge < -0.3 is 10.6 Å². The van der Waals surface area contributed by atoms with E-state index in [9.17, 15) is 9.59 Å². The summed E-state index contributed by atoms with van der Waals surface area (Å²) in [6.45, 7) is 4.91. The van der Waals surface area contributed by atoms with Crippen molar-refractivity contribution in [1.29, 1.82) is 0 Å². The molecule has 0 saturated carbocycles. The summed E-state index contributed by atoms with van der Waals surface area (Å²) < 4.78 is 0. The van der Waals surface area contributed by atoms with E-state index in [1.165, 1.54) is 6.92 Å². The molecule has 0 aromatic heterocycles. The van der Waals surface area contributed by atoms with Gasteiger partial charge in [-0.3, -0.25) is 9.59 Å². The number of hydrogen-bond acceptors (Lipinski definition) is 2. The van der Waals surface area contributed by atoms with Crippen LogP contribution >= 0.6 is 0 Å². The second-order valence-corrected chi connectivity index (χ2v) is 4.00. The summed E-state index contributed by atoms with van der Waals surface area (Å²) in [5.41, 5.74) is 0. The normalized spacial score (nSPS) is 10.5. The van der Waals surface area contributed by atoms with Gasteiger partial charge in [-0.15, -0.1) is 0 Å². The lowest BCUT2D eigenvalue weighted by Gasteiger charge is -2.04. The van der Waals surface area contributed by atoms with E-state index in [4.69, 9.17) is 0 Å². The van der Waals surface area contributed by atoms with Crippen molar-refractivity contribution in [3.05, 3.63) is 12.2 Å². The topological polar surface area (TPSA) is 58.2 Å². The van der Waals surface area contributed by atoms with Crippen LogP contribution in [0.2, 0.25) is 0 Å². The summed E-state index contributed by atoms with van der Waals surface area (Å²) >= 11 is 0. The van der Waals surface area contributed by atoms with E-state index >= 15 is 0 Å². The van der Waals surface area contributed by atoms with Crippen LogP contribution in [0.25, 0.3) is 0 Å². The van der Waals surface area contributed by atoms with Gasteiger partial charge in [-0.05, 0) is 26.2 Å². The molecule has 0 radical (unpaired) electrons. The van der Waals surface area contributed by atoms with Crippen molar-refractivity contribution >= 4 is 11.8 Å². The number of rotatable bonds is 9. The Labute approximate surface area is 104 Å². The molecule has 0 aliphatic carbocycles. The molecule has 0 aromatic carbocycles. The quantitative estimate of drug-likeness (QED) is 0.476. The van der Waals surface area contributed by atoms with Crippen molar-refractivity contribution in [3.63, 3.8) is 0 Å². The summed E-state index contributed by atoms with van der Waals surface area (Å²) in [7, 11) is 0. The average molecular weight is 240 g/mol. The largest absolute Gasteiger partial charge is 0.356 e. The van der Waals surface area contributed by atoms with E-state index in [0.717, 1.165) is 32.2 Å². The summed E-state index contributed by atoms with van der Waals surface area (Å²) in [5.74, 6) is 0.126. The van der Waals surface area contributed by atoms with Crippen LogP contribution in [0.3, 0.4) is 0 Å². The first kappa shape index (κ1) is 15.7. The molecule has 98 valence electrons. The van der Waals surface area contributed by atoms with Crippen molar-refractivity contribution < 1.29 is 9.59 Å². The molecule has 0 saturated heterocycles. The lowest BCUT2D eigenvalue weighted by molar-refractivity contribution is -0.121. The first-order chi connectivity index (χ1) is 8.16. The number of hydrogen-bond donors (Lipinski definition) is 2. The minimum absolute atomic E-state index is 0.00622. The summed E-state index contributed by atoms with van der Waals surface area (Å²) in [4.78, 5) is 21.9. The Morgan fingerprint density at radius 2 is 1.82 bits per heavy atom. The third-order valence-electron chi connectivity index (χ3n) is 2.32. The Kier molecular flexibility index (Phi) is 10.3. The van der Waals surface area contributed by atoms with Crippen LogP contribution < -0.4 is 10.6 Å². The molecule has 0 fully saturated rings. The van der Waals surface area contributed by atoms with Gasteiger partial charge in [-0.25, -0.2) is 0 Å². The minimum atomic E-state index is 0.00622. The molecular weight excluding hydrogens is 216 g/mol. The number of unbranched alkanes of at least 4 members (excludes halogenated alkanes) is 2. The molecule has 0 atom stereocenters. The highest BCUT2D eigenvalue weighted by Gasteiger charge is 1.99. The van der Waals surface area contributed by atoms with E-state index in [1.54, 1.807) is 0 Å². The van der Waals surface area contributed by atoms with E-state index in [0.29, 0.717) is 13.0 Å². The molecule has 0 heterocycles. The smallest absolute Gasteiger partial charge is 0.220 e. The fourth-order valence-electron chi connectivity index (χ4n) is 1.40. The fraction of sp³-hybridized carbons (Fsp3) is 0.692. The van der Waals surface area contributed by atoms with E-state index < -0.39 is 0 Å². The molecule has 4 heteroatoms. The molecule has 0 rings (SSSR count). The zero-order chi connectivity index (χ0) is 12.9. The van der Waals surface area contributed by atoms with Gasteiger partial charge >= 0.3 is 0 Å². The summed E-state index contributed by atoms with van der Waals surface area (Å²) in [6, 6.07) is 0. The zero-order valence-corrected chi connectivity index (χ0v) is 10.9. The van der Waals surface area contributed by atoms with Crippen molar-refractivity contribution in [2.24, 2.45) is 0 Å². The third kappa shape index (κ3) is 12.6. The van der Waals surface area contributed by atoms with Gasteiger partial charge in [0.25, 0.3) is 0 Å². The molecule has 0 bridgehead atoms. The molecule has 2 N–H and O–H groups in total. The number of carbonyl (C=O) groups is 2. The van der Waals surface area contributed by atoms with Gasteiger partial charge in [-0.2, -0.15) is 0 Å². The Hall–Kier alpha value is -1.32. The van der Waals surface area contributed by atoms with Crippen molar-refractivity contribution in [3.8, 4) is 0 Å². The van der Waals surface area contributed by atoms with Gasteiger partial charge in [0.1, 0.15) is 0 Å². The standard InChI is InChI=1S/C13H24N2O2/c1-3-4-7-11-15-13(17)9-6-5-8-10-14-12(2)16/h3-4H,5-11H2,1-2H3,(H,14,16)(H,15,17)/b4-3+. The SMILES string of the molecule is C/C=C/CCNC(=O)CCCCCNC(C)=O. The van der Waals surface area contributed by atoms with Gasteiger partial charge in [0.2, 0.25) is 11.8 Å². The second kappa shape index (κ2) is 11.2. The Bertz CT molecular complexity index is 250. The third-order valence-corrected chi connectivity index (χ3v) is 2.32. The van der Waals surface area contributed by atoms with Gasteiger partial charge in [0, 0.05) is 26.4 Å². The molecule has 0 unspecified atom stereocenters. The van der Waals surface area contributed by atoms with Gasteiger partial charge in [0.15, 0.2) is 0 Å². The van der Waals surface area contributed by atoms with Crippen LogP contribution in [0.5, 0.6) is 0 Å². The van der Waals surface area contributed by atoms with E-state index in [2.05, 4.69) is 10.6 Å². The molecule has 4 nitrogen and oxygen atoms in total. The van der Waals surface area contributed by atoms with Crippen LogP contribution in [0.1, 0.15) is 46.0 Å². The Morgan fingerprint density at radius 3 is 2.47 bits per heavy atom. The number of nitrogens with one attached hydrogen (secondary N) is 2. The maximum Gasteiger partial charge on any atom is 0.220 e. The molecule has 0 aliphatic heterocycles. The Morgan fingerprint density at radius 1 is 1.06 bits per heavy atom. The lowest BCUT2D eigenvalue weighted by atomic mass is 10.2. The van der Waals surface area contributed by atoms with E-state index in [-0.39, 0.29) is 11.8 Å². The van der Waals surface area contributed by atoms with Gasteiger partial charge in [0.05, 0.1) is 0 Å². The minimum Gasteiger partial charge on any atom is -0.356 e. The zero-order valence-electron chi connectivity index (χ0n) is 10.9. The van der Waals surface area contributed by atoms with Crippen LogP contribution in [-0.4, -0.2) is 24.9 Å². The van der Waals surface area contributed by atoms with Crippen LogP contribution in [0.4, 0.5) is 0 Å². The van der Waals surface area contributed by atoms with Crippen LogP contribution in [0, 0.1) is 0 Å². The number of carbonyl (C=O) groups excluding carboxylic acids is 2. The highest BCUT2D eigenvalue weighted by Crippen LogP contribution is 1.98.